The largest absolute Gasteiger partial charge is 0.351 e. The highest BCUT2D eigenvalue weighted by atomic mass is 16.5. The number of nitrogen functional groups attached to an aromatic ring is 1. The molecular formula is C6H7N5O. The predicted molar refractivity (Wildman–Crippen MR) is 40.9 cm³/mol. The lowest BCUT2D eigenvalue weighted by molar-refractivity contribution is 0.436. The highest BCUT2D eigenvalue weighted by Gasteiger charge is 2.08. The van der Waals surface area contributed by atoms with Crippen LogP contribution >= 0.6 is 0 Å². The molecule has 2 N–H and O–H groups in total. The van der Waals surface area contributed by atoms with Crippen LogP contribution < -0.4 is 5.73 Å². The summed E-state index contributed by atoms with van der Waals surface area (Å²) in [5.41, 5.74) is 6.04. The number of rotatable bonds is 1. The monoisotopic (exact) mass is 165 g/mol. The zero-order valence-corrected chi connectivity index (χ0v) is 6.43. The number of aryl methyl sites for hydroxylation is 1. The van der Waals surface area contributed by atoms with Crippen molar-refractivity contribution in [3.63, 3.8) is 0 Å². The molecule has 2 heterocycles. The van der Waals surface area contributed by atoms with Gasteiger partial charge in [0.2, 0.25) is 5.82 Å². The van der Waals surface area contributed by atoms with Crippen LogP contribution in [0.1, 0.15) is 0 Å². The van der Waals surface area contributed by atoms with Crippen LogP contribution in [0.3, 0.4) is 0 Å². The van der Waals surface area contributed by atoms with E-state index in [0.717, 1.165) is 5.69 Å². The van der Waals surface area contributed by atoms with Gasteiger partial charge in [0.15, 0.2) is 0 Å². The standard InChI is InChI=1S/C6H7N5O/c1-11-3-8-2-4(11)5-9-6(7)12-10-5/h2-3H,1H3,(H2,7,9,10). The number of imidazole rings is 1. The maximum absolute atomic E-state index is 5.26. The van der Waals surface area contributed by atoms with E-state index in [0.29, 0.717) is 5.82 Å². The van der Waals surface area contributed by atoms with Crippen LogP contribution in [0.4, 0.5) is 6.01 Å². The van der Waals surface area contributed by atoms with Gasteiger partial charge in [-0.2, -0.15) is 4.98 Å². The van der Waals surface area contributed by atoms with Crippen molar-refractivity contribution >= 4 is 6.01 Å². The normalized spacial score (nSPS) is 10.4. The van der Waals surface area contributed by atoms with Crippen LogP contribution in [0.25, 0.3) is 11.5 Å². The zero-order valence-electron chi connectivity index (χ0n) is 6.43. The third-order valence-electron chi connectivity index (χ3n) is 1.49. The van der Waals surface area contributed by atoms with E-state index >= 15 is 0 Å². The van der Waals surface area contributed by atoms with E-state index in [1.165, 1.54) is 0 Å². The molecule has 6 heteroatoms. The van der Waals surface area contributed by atoms with E-state index in [-0.39, 0.29) is 6.01 Å². The van der Waals surface area contributed by atoms with Gasteiger partial charge >= 0.3 is 6.01 Å². The third-order valence-corrected chi connectivity index (χ3v) is 1.49. The highest BCUT2D eigenvalue weighted by molar-refractivity contribution is 5.48. The molecule has 6 nitrogen and oxygen atoms in total. The van der Waals surface area contributed by atoms with Crippen LogP contribution in [-0.4, -0.2) is 19.7 Å². The van der Waals surface area contributed by atoms with Crippen LogP contribution in [-0.2, 0) is 7.05 Å². The SMILES string of the molecule is Cn1cncc1-c1noc(N)n1. The molecule has 2 aromatic rings. The van der Waals surface area contributed by atoms with Crippen molar-refractivity contribution in [3.8, 4) is 11.5 Å². The smallest absolute Gasteiger partial charge is 0.319 e. The van der Waals surface area contributed by atoms with Gasteiger partial charge in [0.25, 0.3) is 0 Å². The van der Waals surface area contributed by atoms with E-state index in [1.807, 2.05) is 7.05 Å². The fourth-order valence-corrected chi connectivity index (χ4v) is 0.912. The molecule has 0 aliphatic carbocycles. The minimum Gasteiger partial charge on any atom is -0.351 e. The number of aromatic nitrogens is 4. The van der Waals surface area contributed by atoms with Gasteiger partial charge in [0.05, 0.1) is 12.5 Å². The summed E-state index contributed by atoms with van der Waals surface area (Å²) < 4.78 is 6.40. The second-order valence-electron chi connectivity index (χ2n) is 2.35. The first-order chi connectivity index (χ1) is 5.77. The second kappa shape index (κ2) is 2.33. The molecule has 0 bridgehead atoms. The molecule has 0 spiro atoms. The average molecular weight is 165 g/mol. The number of anilines is 1. The minimum absolute atomic E-state index is 0.0613. The summed E-state index contributed by atoms with van der Waals surface area (Å²) in [6, 6.07) is 0.0613. The quantitative estimate of drug-likeness (QED) is 0.645. The van der Waals surface area contributed by atoms with Crippen molar-refractivity contribution in [2.75, 3.05) is 5.73 Å². The lowest BCUT2D eigenvalue weighted by atomic mass is 10.4. The van der Waals surface area contributed by atoms with E-state index in [4.69, 9.17) is 5.73 Å². The Morgan fingerprint density at radius 2 is 2.42 bits per heavy atom. The van der Waals surface area contributed by atoms with E-state index < -0.39 is 0 Å². The topological polar surface area (TPSA) is 82.8 Å². The predicted octanol–water partition coefficient (Wildman–Crippen LogP) is 0.0523. The van der Waals surface area contributed by atoms with Crippen molar-refractivity contribution in [2.24, 2.45) is 7.05 Å². The zero-order chi connectivity index (χ0) is 8.55. The van der Waals surface area contributed by atoms with Crippen LogP contribution in [0, 0.1) is 0 Å². The fourth-order valence-electron chi connectivity index (χ4n) is 0.912. The Bertz CT molecular complexity index is 390. The average Bonchev–Trinajstić information content (AvgIpc) is 2.58. The van der Waals surface area contributed by atoms with Gasteiger partial charge < -0.3 is 14.8 Å². The molecule has 62 valence electrons. The van der Waals surface area contributed by atoms with Crippen molar-refractivity contribution < 1.29 is 4.52 Å². The molecule has 2 aromatic heterocycles. The second-order valence-corrected chi connectivity index (χ2v) is 2.35. The fraction of sp³-hybridized carbons (Fsp3) is 0.167. The van der Waals surface area contributed by atoms with Gasteiger partial charge in [0, 0.05) is 7.05 Å². The lowest BCUT2D eigenvalue weighted by Crippen LogP contribution is -1.91. The Morgan fingerprint density at radius 1 is 1.58 bits per heavy atom. The van der Waals surface area contributed by atoms with Crippen molar-refractivity contribution in [1.82, 2.24) is 19.7 Å². The summed E-state index contributed by atoms with van der Waals surface area (Å²) in [5.74, 6) is 0.451. The van der Waals surface area contributed by atoms with Gasteiger partial charge in [-0.05, 0) is 0 Å². The van der Waals surface area contributed by atoms with Crippen molar-refractivity contribution in [2.45, 2.75) is 0 Å². The van der Waals surface area contributed by atoms with Crippen molar-refractivity contribution in [3.05, 3.63) is 12.5 Å². The van der Waals surface area contributed by atoms with Gasteiger partial charge in [0.1, 0.15) is 5.69 Å². The first-order valence-corrected chi connectivity index (χ1v) is 3.33. The first-order valence-electron chi connectivity index (χ1n) is 3.33. The molecule has 0 amide bonds. The summed E-state index contributed by atoms with van der Waals surface area (Å²) in [6.45, 7) is 0. The number of hydrogen-bond acceptors (Lipinski definition) is 5. The lowest BCUT2D eigenvalue weighted by Gasteiger charge is -1.92. The minimum atomic E-state index is 0.0613. The Kier molecular flexibility index (Phi) is 1.33. The highest BCUT2D eigenvalue weighted by Crippen LogP contribution is 2.13. The first kappa shape index (κ1) is 6.84. The van der Waals surface area contributed by atoms with E-state index in [1.54, 1.807) is 17.1 Å². The van der Waals surface area contributed by atoms with E-state index in [2.05, 4.69) is 19.6 Å². The molecule has 0 radical (unpaired) electrons. The van der Waals surface area contributed by atoms with Gasteiger partial charge in [-0.15, -0.1) is 0 Å². The number of hydrogen-bond donors (Lipinski definition) is 1. The Hall–Kier alpha value is -1.85. The number of nitrogens with two attached hydrogens (primary N) is 1. The summed E-state index contributed by atoms with van der Waals surface area (Å²) in [4.78, 5) is 7.76. The summed E-state index contributed by atoms with van der Waals surface area (Å²) in [5, 5.41) is 3.65. The molecule has 12 heavy (non-hydrogen) atoms. The van der Waals surface area contributed by atoms with Crippen LogP contribution in [0.5, 0.6) is 0 Å². The van der Waals surface area contributed by atoms with E-state index in [9.17, 15) is 0 Å². The molecular weight excluding hydrogens is 158 g/mol. The summed E-state index contributed by atoms with van der Waals surface area (Å²) in [6.07, 6.45) is 3.30. The maximum Gasteiger partial charge on any atom is 0.319 e. The number of nitrogens with zero attached hydrogens (tertiary/aromatic N) is 4. The van der Waals surface area contributed by atoms with Crippen LogP contribution in [0.2, 0.25) is 0 Å². The van der Waals surface area contributed by atoms with Gasteiger partial charge in [-0.1, -0.05) is 5.16 Å². The van der Waals surface area contributed by atoms with Gasteiger partial charge in [-0.3, -0.25) is 0 Å². The van der Waals surface area contributed by atoms with Gasteiger partial charge in [-0.25, -0.2) is 4.98 Å². The Morgan fingerprint density at radius 3 is 2.92 bits per heavy atom. The molecule has 0 aliphatic rings. The third kappa shape index (κ3) is 0.931. The van der Waals surface area contributed by atoms with Crippen molar-refractivity contribution in [1.29, 1.82) is 0 Å². The Balaban J connectivity index is 2.50. The molecule has 0 saturated heterocycles. The molecule has 2 rings (SSSR count). The summed E-state index contributed by atoms with van der Waals surface area (Å²) >= 11 is 0. The summed E-state index contributed by atoms with van der Waals surface area (Å²) in [7, 11) is 1.84. The Labute approximate surface area is 68.0 Å². The molecule has 0 saturated carbocycles. The maximum atomic E-state index is 5.26. The van der Waals surface area contributed by atoms with Crippen LogP contribution in [0.15, 0.2) is 17.0 Å². The molecule has 0 aliphatic heterocycles. The molecule has 0 atom stereocenters. The molecule has 0 unspecified atom stereocenters. The molecule has 0 fully saturated rings. The molecule has 0 aromatic carbocycles.